The summed E-state index contributed by atoms with van der Waals surface area (Å²) < 4.78 is 0. The van der Waals surface area contributed by atoms with E-state index >= 15 is 0 Å². The fourth-order valence-electron chi connectivity index (χ4n) is 9.48. The van der Waals surface area contributed by atoms with Crippen LogP contribution in [0.4, 0.5) is 0 Å². The molecule has 0 aliphatic heterocycles. The molecule has 0 radical (unpaired) electrons. The molecule has 0 unspecified atom stereocenters. The highest BCUT2D eigenvalue weighted by Gasteiger charge is 2.17. The van der Waals surface area contributed by atoms with Gasteiger partial charge in [0.25, 0.3) is 0 Å². The van der Waals surface area contributed by atoms with Gasteiger partial charge in [-0.05, 0) is 144 Å². The number of benzene rings is 12. The van der Waals surface area contributed by atoms with E-state index in [4.69, 9.17) is 0 Å². The van der Waals surface area contributed by atoms with Crippen molar-refractivity contribution in [2.45, 2.75) is 0 Å². The third-order valence-corrected chi connectivity index (χ3v) is 12.4. The Labute approximate surface area is 336 Å². The lowest BCUT2D eigenvalue weighted by atomic mass is 9.85. The van der Waals surface area contributed by atoms with E-state index in [0.717, 1.165) is 0 Å². The van der Waals surface area contributed by atoms with Gasteiger partial charge in [-0.15, -0.1) is 0 Å². The molecule has 58 heavy (non-hydrogen) atoms. The first-order valence-electron chi connectivity index (χ1n) is 20.2. The van der Waals surface area contributed by atoms with E-state index in [-0.39, 0.29) is 0 Å². The van der Waals surface area contributed by atoms with E-state index in [2.05, 4.69) is 218 Å². The number of hydrogen-bond acceptors (Lipinski definition) is 0. The van der Waals surface area contributed by atoms with Crippen LogP contribution < -0.4 is 0 Å². The van der Waals surface area contributed by atoms with Crippen LogP contribution in [-0.4, -0.2) is 0 Å². The molecule has 0 aliphatic rings. The number of hydrogen-bond donors (Lipinski definition) is 0. The average Bonchev–Trinajstić information content (AvgIpc) is 3.31. The SMILES string of the molecule is c1ccc2cc(-c3ccc(-c4ccc5c(c4)c4ccccc4c4c6ccc(-c7ccc(-c8ccc9ccccc9c8)cc7)cc6c6ccccc6c54)cc3)ccc2c1. The zero-order valence-electron chi connectivity index (χ0n) is 31.8. The van der Waals surface area contributed by atoms with Gasteiger partial charge in [0.2, 0.25) is 0 Å². The lowest BCUT2D eigenvalue weighted by Gasteiger charge is -2.18. The highest BCUT2D eigenvalue weighted by atomic mass is 14.2. The summed E-state index contributed by atoms with van der Waals surface area (Å²) in [7, 11) is 0. The third-order valence-electron chi connectivity index (χ3n) is 12.4. The fraction of sp³-hybridized carbons (Fsp3) is 0. The monoisotopic (exact) mass is 732 g/mol. The first-order chi connectivity index (χ1) is 28.7. The van der Waals surface area contributed by atoms with Gasteiger partial charge < -0.3 is 0 Å². The average molecular weight is 733 g/mol. The highest BCUT2D eigenvalue weighted by molar-refractivity contribution is 6.39. The topological polar surface area (TPSA) is 0 Å². The standard InChI is InChI=1S/C58H36/c1-3-11-43-33-45(27-25-37(43)9-1)39-17-21-41(22-18-39)47-29-31-53-55(35-47)49-13-5-7-15-51(49)58-54-32-30-48(36-56(54)50-14-6-8-16-52(50)57(53)58)42-23-19-40(20-24-42)46-28-26-38-10-2-4-12-44(38)34-46/h1-36H. The van der Waals surface area contributed by atoms with Crippen molar-refractivity contribution in [1.29, 1.82) is 0 Å². The van der Waals surface area contributed by atoms with Gasteiger partial charge in [-0.3, -0.25) is 0 Å². The van der Waals surface area contributed by atoms with E-state index in [1.165, 1.54) is 120 Å². The lowest BCUT2D eigenvalue weighted by molar-refractivity contribution is 1.62. The van der Waals surface area contributed by atoms with Crippen LogP contribution in [0.2, 0.25) is 0 Å². The molecule has 0 heterocycles. The van der Waals surface area contributed by atoms with Crippen molar-refractivity contribution in [3.8, 4) is 44.5 Å². The van der Waals surface area contributed by atoms with E-state index in [9.17, 15) is 0 Å². The maximum Gasteiger partial charge on any atom is -0.00139 e. The quantitative estimate of drug-likeness (QED) is 0.158. The molecule has 0 fully saturated rings. The molecular formula is C58H36. The van der Waals surface area contributed by atoms with Gasteiger partial charge in [0.1, 0.15) is 0 Å². The molecule has 0 amide bonds. The molecule has 0 atom stereocenters. The first-order valence-corrected chi connectivity index (χ1v) is 20.2. The van der Waals surface area contributed by atoms with E-state index in [1.807, 2.05) is 0 Å². The Kier molecular flexibility index (Phi) is 7.33. The summed E-state index contributed by atoms with van der Waals surface area (Å²) >= 11 is 0. The molecule has 12 aromatic rings. The normalized spacial score (nSPS) is 11.8. The Balaban J connectivity index is 0.987. The molecule has 268 valence electrons. The Hall–Kier alpha value is -7.54. The predicted molar refractivity (Wildman–Crippen MR) is 251 cm³/mol. The summed E-state index contributed by atoms with van der Waals surface area (Å²) in [4.78, 5) is 0. The van der Waals surface area contributed by atoms with E-state index in [0.29, 0.717) is 0 Å². The summed E-state index contributed by atoms with van der Waals surface area (Å²) in [5, 5.41) is 18.0. The van der Waals surface area contributed by atoms with Crippen molar-refractivity contribution >= 4 is 75.4 Å². The number of fused-ring (bicyclic) bond motifs is 13. The molecule has 12 aromatic carbocycles. The van der Waals surface area contributed by atoms with Crippen molar-refractivity contribution < 1.29 is 0 Å². The second-order valence-corrected chi connectivity index (χ2v) is 15.6. The van der Waals surface area contributed by atoms with Crippen molar-refractivity contribution in [3.05, 3.63) is 218 Å². The molecule has 12 rings (SSSR count). The summed E-state index contributed by atoms with van der Waals surface area (Å²) in [5.74, 6) is 0. The van der Waals surface area contributed by atoms with Gasteiger partial charge in [0.05, 0.1) is 0 Å². The van der Waals surface area contributed by atoms with Gasteiger partial charge in [-0.2, -0.15) is 0 Å². The first kappa shape index (κ1) is 32.7. The molecule has 0 saturated heterocycles. The predicted octanol–water partition coefficient (Wildman–Crippen LogP) is 16.4. The molecule has 0 bridgehead atoms. The van der Waals surface area contributed by atoms with Crippen molar-refractivity contribution in [3.63, 3.8) is 0 Å². The van der Waals surface area contributed by atoms with Crippen LogP contribution in [0.25, 0.3) is 120 Å². The zero-order valence-corrected chi connectivity index (χ0v) is 31.8. The third kappa shape index (κ3) is 5.23. The van der Waals surface area contributed by atoms with Crippen LogP contribution in [-0.2, 0) is 0 Å². The summed E-state index contributed by atoms with van der Waals surface area (Å²) in [5.41, 5.74) is 9.82. The van der Waals surface area contributed by atoms with Crippen molar-refractivity contribution in [2.75, 3.05) is 0 Å². The molecule has 0 N–H and O–H groups in total. The van der Waals surface area contributed by atoms with Crippen LogP contribution >= 0.6 is 0 Å². The minimum atomic E-state index is 1.22. The van der Waals surface area contributed by atoms with Gasteiger partial charge in [-0.25, -0.2) is 0 Å². The van der Waals surface area contributed by atoms with E-state index in [1.54, 1.807) is 0 Å². The Bertz CT molecular complexity index is 3350. The number of rotatable bonds is 4. The summed E-state index contributed by atoms with van der Waals surface area (Å²) in [6.45, 7) is 0. The molecule has 0 saturated carbocycles. The van der Waals surface area contributed by atoms with Crippen LogP contribution in [0.15, 0.2) is 218 Å². The van der Waals surface area contributed by atoms with Gasteiger partial charge in [0.15, 0.2) is 0 Å². The highest BCUT2D eigenvalue weighted by Crippen LogP contribution is 2.45. The van der Waals surface area contributed by atoms with Gasteiger partial charge in [-0.1, -0.05) is 194 Å². The largest absolute Gasteiger partial charge is 0.0616 e. The molecular weight excluding hydrogens is 697 g/mol. The Morgan fingerprint density at radius 3 is 0.828 bits per heavy atom. The van der Waals surface area contributed by atoms with Gasteiger partial charge in [0, 0.05) is 0 Å². The van der Waals surface area contributed by atoms with Crippen LogP contribution in [0.1, 0.15) is 0 Å². The minimum absolute atomic E-state index is 1.22. The van der Waals surface area contributed by atoms with Crippen molar-refractivity contribution in [1.82, 2.24) is 0 Å². The maximum atomic E-state index is 2.41. The summed E-state index contributed by atoms with van der Waals surface area (Å²) in [6, 6.07) is 80.8. The van der Waals surface area contributed by atoms with Gasteiger partial charge >= 0.3 is 0 Å². The molecule has 0 aromatic heterocycles. The second-order valence-electron chi connectivity index (χ2n) is 15.6. The lowest BCUT2D eigenvalue weighted by Crippen LogP contribution is -1.90. The van der Waals surface area contributed by atoms with Crippen LogP contribution in [0, 0.1) is 0 Å². The maximum absolute atomic E-state index is 2.41. The van der Waals surface area contributed by atoms with Crippen LogP contribution in [0.3, 0.4) is 0 Å². The second kappa shape index (κ2) is 13.0. The molecule has 0 heteroatoms. The van der Waals surface area contributed by atoms with E-state index < -0.39 is 0 Å². The Morgan fingerprint density at radius 1 is 0.155 bits per heavy atom. The molecule has 0 aliphatic carbocycles. The molecule has 0 nitrogen and oxygen atoms in total. The smallest absolute Gasteiger partial charge is 0.00139 e. The molecule has 0 spiro atoms. The van der Waals surface area contributed by atoms with Crippen LogP contribution in [0.5, 0.6) is 0 Å². The minimum Gasteiger partial charge on any atom is -0.0616 e. The summed E-state index contributed by atoms with van der Waals surface area (Å²) in [6.07, 6.45) is 0. The fourth-order valence-corrected chi connectivity index (χ4v) is 9.48. The zero-order chi connectivity index (χ0) is 38.2. The van der Waals surface area contributed by atoms with Crippen molar-refractivity contribution in [2.24, 2.45) is 0 Å². The Morgan fingerprint density at radius 2 is 0.431 bits per heavy atom.